The highest BCUT2D eigenvalue weighted by atomic mass is 16.4. The summed E-state index contributed by atoms with van der Waals surface area (Å²) in [4.78, 5) is 32.4. The predicted octanol–water partition coefficient (Wildman–Crippen LogP) is -0.262. The minimum atomic E-state index is -0.892. The Morgan fingerprint density at radius 1 is 1.25 bits per heavy atom. The summed E-state index contributed by atoms with van der Waals surface area (Å²) >= 11 is 0. The average molecular weight is 230 g/mol. The lowest BCUT2D eigenvalue weighted by Crippen LogP contribution is -2.45. The first-order chi connectivity index (χ1) is 7.32. The molecule has 0 aliphatic rings. The maximum atomic E-state index is 11.4. The maximum Gasteiger partial charge on any atom is 0.303 e. The molecule has 0 spiro atoms. The van der Waals surface area contributed by atoms with Crippen LogP contribution in [0.15, 0.2) is 0 Å². The molecule has 0 heterocycles. The van der Waals surface area contributed by atoms with E-state index in [4.69, 9.17) is 5.11 Å². The van der Waals surface area contributed by atoms with Gasteiger partial charge in [0.15, 0.2) is 0 Å². The number of hydrogen-bond acceptors (Lipinski definition) is 3. The van der Waals surface area contributed by atoms with Gasteiger partial charge in [0.05, 0.1) is 0 Å². The highest BCUT2D eigenvalue weighted by Crippen LogP contribution is 1.99. The molecular formula is C10H18N2O4. The molecule has 0 radical (unpaired) electrons. The molecule has 3 N–H and O–H groups in total. The van der Waals surface area contributed by atoms with Crippen LogP contribution >= 0.6 is 0 Å². The number of rotatable bonds is 6. The SMILES string of the molecule is CC(=O)NC(C)C(=O)NCC(C)CC(=O)O. The standard InChI is InChI=1S/C10H18N2O4/c1-6(4-9(14)15)5-11-10(16)7(2)12-8(3)13/h6-7H,4-5H2,1-3H3,(H,11,16)(H,12,13)(H,14,15). The summed E-state index contributed by atoms with van der Waals surface area (Å²) in [6, 6.07) is -0.602. The number of carbonyl (C=O) groups excluding carboxylic acids is 2. The molecule has 0 saturated carbocycles. The number of aliphatic carboxylic acids is 1. The number of nitrogens with one attached hydrogen (secondary N) is 2. The van der Waals surface area contributed by atoms with Gasteiger partial charge < -0.3 is 15.7 Å². The largest absolute Gasteiger partial charge is 0.481 e. The molecule has 0 saturated heterocycles. The fourth-order valence-corrected chi connectivity index (χ4v) is 1.17. The van der Waals surface area contributed by atoms with E-state index >= 15 is 0 Å². The Balaban J connectivity index is 3.88. The van der Waals surface area contributed by atoms with Crippen LogP contribution in [0.5, 0.6) is 0 Å². The van der Waals surface area contributed by atoms with E-state index in [1.54, 1.807) is 13.8 Å². The summed E-state index contributed by atoms with van der Waals surface area (Å²) < 4.78 is 0. The molecule has 2 atom stereocenters. The summed E-state index contributed by atoms with van der Waals surface area (Å²) in [6.45, 7) is 4.92. The average Bonchev–Trinajstić information content (AvgIpc) is 2.11. The van der Waals surface area contributed by atoms with Crippen LogP contribution in [0.1, 0.15) is 27.2 Å². The Labute approximate surface area is 94.4 Å². The molecule has 0 aliphatic heterocycles. The highest BCUT2D eigenvalue weighted by Gasteiger charge is 2.15. The molecule has 0 aromatic carbocycles. The van der Waals surface area contributed by atoms with Crippen LogP contribution in [-0.2, 0) is 14.4 Å². The number of hydrogen-bond donors (Lipinski definition) is 3. The fraction of sp³-hybridized carbons (Fsp3) is 0.700. The first-order valence-corrected chi connectivity index (χ1v) is 5.09. The molecule has 0 rings (SSSR count). The summed E-state index contributed by atoms with van der Waals surface area (Å²) in [6.07, 6.45) is 0.00873. The van der Waals surface area contributed by atoms with E-state index in [1.165, 1.54) is 6.92 Å². The lowest BCUT2D eigenvalue weighted by atomic mass is 10.1. The third-order valence-corrected chi connectivity index (χ3v) is 1.96. The smallest absolute Gasteiger partial charge is 0.303 e. The van der Waals surface area contributed by atoms with Crippen LogP contribution in [-0.4, -0.2) is 35.5 Å². The summed E-state index contributed by atoms with van der Waals surface area (Å²) in [7, 11) is 0. The van der Waals surface area contributed by atoms with Gasteiger partial charge in [0.25, 0.3) is 0 Å². The first kappa shape index (κ1) is 14.4. The lowest BCUT2D eigenvalue weighted by molar-refractivity contribution is -0.138. The molecule has 6 nitrogen and oxygen atoms in total. The molecule has 6 heteroatoms. The normalized spacial score (nSPS) is 13.7. The zero-order valence-corrected chi connectivity index (χ0v) is 9.74. The predicted molar refractivity (Wildman–Crippen MR) is 57.7 cm³/mol. The molecule has 0 fully saturated rings. The van der Waals surface area contributed by atoms with E-state index in [9.17, 15) is 14.4 Å². The van der Waals surface area contributed by atoms with E-state index in [2.05, 4.69) is 10.6 Å². The van der Waals surface area contributed by atoms with E-state index in [1.807, 2.05) is 0 Å². The molecule has 16 heavy (non-hydrogen) atoms. The van der Waals surface area contributed by atoms with Crippen LogP contribution in [0.2, 0.25) is 0 Å². The van der Waals surface area contributed by atoms with Gasteiger partial charge in [-0.25, -0.2) is 0 Å². The number of carbonyl (C=O) groups is 3. The van der Waals surface area contributed by atoms with Gasteiger partial charge in [-0.2, -0.15) is 0 Å². The van der Waals surface area contributed by atoms with Gasteiger partial charge in [0.1, 0.15) is 6.04 Å². The van der Waals surface area contributed by atoms with Crippen LogP contribution < -0.4 is 10.6 Å². The van der Waals surface area contributed by atoms with Gasteiger partial charge in [-0.1, -0.05) is 6.92 Å². The molecular weight excluding hydrogens is 212 g/mol. The summed E-state index contributed by atoms with van der Waals surface area (Å²) in [5.41, 5.74) is 0. The van der Waals surface area contributed by atoms with Crippen LogP contribution in [0, 0.1) is 5.92 Å². The Bertz CT molecular complexity index is 278. The molecule has 0 aromatic heterocycles. The van der Waals surface area contributed by atoms with Gasteiger partial charge in [-0.15, -0.1) is 0 Å². The molecule has 0 bridgehead atoms. The third-order valence-electron chi connectivity index (χ3n) is 1.96. The second kappa shape index (κ2) is 6.81. The quantitative estimate of drug-likeness (QED) is 0.585. The monoisotopic (exact) mass is 230 g/mol. The topological polar surface area (TPSA) is 95.5 Å². The van der Waals surface area contributed by atoms with Crippen molar-refractivity contribution < 1.29 is 19.5 Å². The van der Waals surface area contributed by atoms with Crippen molar-refractivity contribution in [2.45, 2.75) is 33.2 Å². The Hall–Kier alpha value is -1.59. The van der Waals surface area contributed by atoms with Gasteiger partial charge >= 0.3 is 5.97 Å². The third kappa shape index (κ3) is 6.80. The Morgan fingerprint density at radius 2 is 1.81 bits per heavy atom. The van der Waals surface area contributed by atoms with Crippen molar-refractivity contribution in [1.82, 2.24) is 10.6 Å². The van der Waals surface area contributed by atoms with Crippen LogP contribution in [0.4, 0.5) is 0 Å². The lowest BCUT2D eigenvalue weighted by Gasteiger charge is -2.15. The zero-order valence-electron chi connectivity index (χ0n) is 9.74. The summed E-state index contributed by atoms with van der Waals surface area (Å²) in [5.74, 6) is -1.61. The molecule has 0 aromatic rings. The van der Waals surface area contributed by atoms with Gasteiger partial charge in [0.2, 0.25) is 11.8 Å². The summed E-state index contributed by atoms with van der Waals surface area (Å²) in [5, 5.41) is 13.5. The van der Waals surface area contributed by atoms with Crippen molar-refractivity contribution in [3.63, 3.8) is 0 Å². The Morgan fingerprint density at radius 3 is 2.25 bits per heavy atom. The molecule has 2 amide bonds. The highest BCUT2D eigenvalue weighted by molar-refractivity contribution is 5.86. The number of carboxylic acids is 1. The second-order valence-electron chi connectivity index (χ2n) is 3.87. The molecule has 2 unspecified atom stereocenters. The first-order valence-electron chi connectivity index (χ1n) is 5.09. The van der Waals surface area contributed by atoms with Gasteiger partial charge in [-0.05, 0) is 12.8 Å². The fourth-order valence-electron chi connectivity index (χ4n) is 1.17. The van der Waals surface area contributed by atoms with E-state index in [0.717, 1.165) is 0 Å². The van der Waals surface area contributed by atoms with E-state index < -0.39 is 12.0 Å². The van der Waals surface area contributed by atoms with E-state index in [0.29, 0.717) is 0 Å². The number of carboxylic acid groups (broad SMARTS) is 1. The van der Waals surface area contributed by atoms with Gasteiger partial charge in [-0.3, -0.25) is 14.4 Å². The van der Waals surface area contributed by atoms with Crippen LogP contribution in [0.25, 0.3) is 0 Å². The van der Waals surface area contributed by atoms with Crippen molar-refractivity contribution in [2.24, 2.45) is 5.92 Å². The number of amides is 2. The van der Waals surface area contributed by atoms with Crippen molar-refractivity contribution >= 4 is 17.8 Å². The van der Waals surface area contributed by atoms with Crippen LogP contribution in [0.3, 0.4) is 0 Å². The molecule has 0 aliphatic carbocycles. The zero-order chi connectivity index (χ0) is 12.7. The maximum absolute atomic E-state index is 11.4. The minimum Gasteiger partial charge on any atom is -0.481 e. The molecule has 92 valence electrons. The minimum absolute atomic E-state index is 0.00873. The van der Waals surface area contributed by atoms with Crippen molar-refractivity contribution in [3.05, 3.63) is 0 Å². The van der Waals surface area contributed by atoms with Gasteiger partial charge in [0, 0.05) is 19.9 Å². The van der Waals surface area contributed by atoms with Crippen molar-refractivity contribution in [3.8, 4) is 0 Å². The van der Waals surface area contributed by atoms with E-state index in [-0.39, 0.29) is 30.7 Å². The Kier molecular flexibility index (Phi) is 6.14. The van der Waals surface area contributed by atoms with Crippen molar-refractivity contribution in [1.29, 1.82) is 0 Å². The second-order valence-corrected chi connectivity index (χ2v) is 3.87. The van der Waals surface area contributed by atoms with Crippen molar-refractivity contribution in [2.75, 3.05) is 6.54 Å².